The summed E-state index contributed by atoms with van der Waals surface area (Å²) < 4.78 is 6.03. The number of ether oxygens (including phenoxy) is 1. The lowest BCUT2D eigenvalue weighted by Crippen LogP contribution is -2.44. The lowest BCUT2D eigenvalue weighted by Gasteiger charge is -2.34. The van der Waals surface area contributed by atoms with E-state index in [2.05, 4.69) is 38.2 Å². The first-order chi connectivity index (χ1) is 16.1. The number of hydrogen-bond donors (Lipinski definition) is 1. The predicted molar refractivity (Wildman–Crippen MR) is 129 cm³/mol. The Bertz CT molecular complexity index is 1130. The topological polar surface area (TPSA) is 70.6 Å². The molecule has 33 heavy (non-hydrogen) atoms. The van der Waals surface area contributed by atoms with E-state index in [4.69, 9.17) is 16.3 Å². The average molecular weight is 464 g/mol. The predicted octanol–water partition coefficient (Wildman–Crippen LogP) is 3.28. The molecular formula is C25H26ClN5O2. The van der Waals surface area contributed by atoms with Gasteiger partial charge in [-0.15, -0.1) is 0 Å². The van der Waals surface area contributed by atoms with Gasteiger partial charge in [0.25, 0.3) is 5.91 Å². The maximum absolute atomic E-state index is 12.7. The van der Waals surface area contributed by atoms with Gasteiger partial charge in [-0.25, -0.2) is 9.97 Å². The first-order valence-electron chi connectivity index (χ1n) is 11.1. The molecular weight excluding hydrogens is 438 g/mol. The number of fused-ring (bicyclic) bond motifs is 1. The normalized spacial score (nSPS) is 18.0. The Morgan fingerprint density at radius 3 is 2.55 bits per heavy atom. The highest BCUT2D eigenvalue weighted by Gasteiger charge is 2.26. The number of carbonyl (C=O) groups is 1. The Morgan fingerprint density at radius 1 is 1.09 bits per heavy atom. The fraction of sp³-hybridized carbons (Fsp3) is 0.320. The molecule has 1 aromatic heterocycles. The van der Waals surface area contributed by atoms with Crippen LogP contribution in [0.4, 0.5) is 5.69 Å². The lowest BCUT2D eigenvalue weighted by molar-refractivity contribution is 0.0933. The van der Waals surface area contributed by atoms with Gasteiger partial charge in [0.15, 0.2) is 0 Å². The van der Waals surface area contributed by atoms with E-state index in [1.165, 1.54) is 6.33 Å². The number of nitrogens with one attached hydrogen (secondary N) is 1. The second-order valence-electron chi connectivity index (χ2n) is 8.56. The molecule has 1 saturated heterocycles. The first kappa shape index (κ1) is 21.7. The third kappa shape index (κ3) is 4.79. The summed E-state index contributed by atoms with van der Waals surface area (Å²) in [5, 5.41) is 3.55. The number of carbonyl (C=O) groups excluding carboxylic acids is 1. The van der Waals surface area contributed by atoms with Gasteiger partial charge in [-0.2, -0.15) is 0 Å². The molecule has 170 valence electrons. The molecule has 0 saturated carbocycles. The van der Waals surface area contributed by atoms with Gasteiger partial charge in [-0.3, -0.25) is 4.79 Å². The zero-order chi connectivity index (χ0) is 22.8. The van der Waals surface area contributed by atoms with Crippen LogP contribution in [0.25, 0.3) is 11.1 Å². The van der Waals surface area contributed by atoms with Gasteiger partial charge in [-0.05, 0) is 49.0 Å². The molecule has 7 nitrogen and oxygen atoms in total. The quantitative estimate of drug-likeness (QED) is 0.626. The fourth-order valence-corrected chi connectivity index (χ4v) is 4.60. The van der Waals surface area contributed by atoms with Gasteiger partial charge in [0, 0.05) is 67.4 Å². The van der Waals surface area contributed by atoms with Crippen molar-refractivity contribution in [3.8, 4) is 16.9 Å². The number of likely N-dealkylation sites (N-methyl/N-ethyl adjacent to an activating group) is 1. The highest BCUT2D eigenvalue weighted by atomic mass is 35.5. The Morgan fingerprint density at radius 2 is 1.82 bits per heavy atom. The molecule has 2 aliphatic heterocycles. The molecule has 2 aromatic carbocycles. The molecule has 3 aromatic rings. The summed E-state index contributed by atoms with van der Waals surface area (Å²) in [6.07, 6.45) is 5.54. The van der Waals surface area contributed by atoms with Crippen LogP contribution in [-0.4, -0.2) is 66.7 Å². The van der Waals surface area contributed by atoms with E-state index < -0.39 is 0 Å². The first-order valence-corrected chi connectivity index (χ1v) is 11.5. The van der Waals surface area contributed by atoms with E-state index in [1.807, 2.05) is 30.3 Å². The van der Waals surface area contributed by atoms with Crippen molar-refractivity contribution >= 4 is 23.2 Å². The number of anilines is 1. The van der Waals surface area contributed by atoms with Crippen LogP contribution in [-0.2, 0) is 6.42 Å². The summed E-state index contributed by atoms with van der Waals surface area (Å²) in [6, 6.07) is 11.7. The second-order valence-corrected chi connectivity index (χ2v) is 8.97. The van der Waals surface area contributed by atoms with Crippen LogP contribution in [0.5, 0.6) is 5.75 Å². The summed E-state index contributed by atoms with van der Waals surface area (Å²) in [5.74, 6) is 0.584. The average Bonchev–Trinajstić information content (AvgIpc) is 3.27. The van der Waals surface area contributed by atoms with Crippen molar-refractivity contribution in [1.82, 2.24) is 20.2 Å². The summed E-state index contributed by atoms with van der Waals surface area (Å²) in [4.78, 5) is 25.5. The standard InChI is InChI=1S/C25H26ClN5O2/c1-30-6-8-31(9-7-30)21-4-2-17(3-5-21)25(32)29-15-22-11-19-10-18(12-23(26)24(19)33-22)20-13-27-16-28-14-20/h2-5,10,12-14,16,22H,6-9,11,15H2,1H3,(H,29,32)/t22-/m1/s1. The Balaban J connectivity index is 1.18. The van der Waals surface area contributed by atoms with E-state index >= 15 is 0 Å². The zero-order valence-corrected chi connectivity index (χ0v) is 19.3. The number of rotatable bonds is 5. The largest absolute Gasteiger partial charge is 0.486 e. The van der Waals surface area contributed by atoms with Gasteiger partial charge in [-0.1, -0.05) is 11.6 Å². The van der Waals surface area contributed by atoms with E-state index in [-0.39, 0.29) is 12.0 Å². The number of hydrogen-bond acceptors (Lipinski definition) is 6. The van der Waals surface area contributed by atoms with Gasteiger partial charge in [0.05, 0.1) is 11.6 Å². The van der Waals surface area contributed by atoms with Crippen LogP contribution in [0.3, 0.4) is 0 Å². The maximum Gasteiger partial charge on any atom is 0.251 e. The van der Waals surface area contributed by atoms with Crippen LogP contribution >= 0.6 is 11.6 Å². The van der Waals surface area contributed by atoms with Crippen molar-refractivity contribution in [1.29, 1.82) is 0 Å². The maximum atomic E-state index is 12.7. The number of amides is 1. The van der Waals surface area contributed by atoms with E-state index in [0.29, 0.717) is 29.3 Å². The molecule has 5 rings (SSSR count). The fourth-order valence-electron chi connectivity index (χ4n) is 4.31. The third-order valence-electron chi connectivity index (χ3n) is 6.23. The highest BCUT2D eigenvalue weighted by Crippen LogP contribution is 2.39. The molecule has 3 heterocycles. The molecule has 0 radical (unpaired) electrons. The monoisotopic (exact) mass is 463 g/mol. The van der Waals surface area contributed by atoms with E-state index in [9.17, 15) is 4.79 Å². The Kier molecular flexibility index (Phi) is 6.15. The minimum absolute atomic E-state index is 0.104. The third-order valence-corrected chi connectivity index (χ3v) is 6.52. The van der Waals surface area contributed by atoms with Crippen molar-refractivity contribution in [2.75, 3.05) is 44.7 Å². The lowest BCUT2D eigenvalue weighted by atomic mass is 10.0. The number of nitrogens with zero attached hydrogens (tertiary/aromatic N) is 4. The minimum atomic E-state index is -0.159. The molecule has 1 fully saturated rings. The number of piperazine rings is 1. The SMILES string of the molecule is CN1CCN(c2ccc(C(=O)NC[C@H]3Cc4cc(-c5cncnc5)cc(Cl)c4O3)cc2)CC1. The van der Waals surface area contributed by atoms with Crippen LogP contribution in [0.2, 0.25) is 5.02 Å². The van der Waals surface area contributed by atoms with Crippen molar-refractivity contribution < 1.29 is 9.53 Å². The van der Waals surface area contributed by atoms with Gasteiger partial charge < -0.3 is 19.9 Å². The Hall–Kier alpha value is -3.16. The molecule has 8 heteroatoms. The van der Waals surface area contributed by atoms with Gasteiger partial charge in [0.1, 0.15) is 18.2 Å². The summed E-state index contributed by atoms with van der Waals surface area (Å²) in [5.41, 5.74) is 4.68. The molecule has 0 aliphatic carbocycles. The smallest absolute Gasteiger partial charge is 0.251 e. The van der Waals surface area contributed by atoms with Crippen LogP contribution in [0, 0.1) is 0 Å². The number of halogens is 1. The molecule has 0 unspecified atom stereocenters. The molecule has 1 amide bonds. The second kappa shape index (κ2) is 9.37. The van der Waals surface area contributed by atoms with Crippen molar-refractivity contribution in [2.45, 2.75) is 12.5 Å². The molecule has 2 aliphatic rings. The Labute approximate surface area is 198 Å². The summed E-state index contributed by atoms with van der Waals surface area (Å²) >= 11 is 6.48. The van der Waals surface area contributed by atoms with Crippen LogP contribution < -0.4 is 15.0 Å². The molecule has 0 spiro atoms. The number of aromatic nitrogens is 2. The van der Waals surface area contributed by atoms with Crippen LogP contribution in [0.1, 0.15) is 15.9 Å². The molecule has 1 N–H and O–H groups in total. The minimum Gasteiger partial charge on any atom is -0.486 e. The van der Waals surface area contributed by atoms with Crippen LogP contribution in [0.15, 0.2) is 55.1 Å². The van der Waals surface area contributed by atoms with Crippen molar-refractivity contribution in [3.63, 3.8) is 0 Å². The zero-order valence-electron chi connectivity index (χ0n) is 18.5. The number of benzene rings is 2. The summed E-state index contributed by atoms with van der Waals surface area (Å²) in [7, 11) is 2.14. The van der Waals surface area contributed by atoms with Crippen molar-refractivity contribution in [2.24, 2.45) is 0 Å². The van der Waals surface area contributed by atoms with Crippen molar-refractivity contribution in [3.05, 3.63) is 71.3 Å². The van der Waals surface area contributed by atoms with Gasteiger partial charge >= 0.3 is 0 Å². The molecule has 1 atom stereocenters. The van der Waals surface area contributed by atoms with E-state index in [0.717, 1.165) is 48.6 Å². The van der Waals surface area contributed by atoms with Gasteiger partial charge in [0.2, 0.25) is 0 Å². The molecule has 0 bridgehead atoms. The van der Waals surface area contributed by atoms with E-state index in [1.54, 1.807) is 12.4 Å². The highest BCUT2D eigenvalue weighted by molar-refractivity contribution is 6.32. The summed E-state index contributed by atoms with van der Waals surface area (Å²) in [6.45, 7) is 4.52.